The first-order chi connectivity index (χ1) is 6.11. The minimum atomic E-state index is -0.303. The molecule has 1 rings (SSSR count). The Kier molecular flexibility index (Phi) is 3.25. The quantitative estimate of drug-likeness (QED) is 0.776. The SMILES string of the molecule is Cc1cccc(OC[C@H](C)N)c1F. The molecule has 13 heavy (non-hydrogen) atoms. The Labute approximate surface area is 77.5 Å². The fraction of sp³-hybridized carbons (Fsp3) is 0.400. The molecular formula is C10H14FNO. The highest BCUT2D eigenvalue weighted by molar-refractivity contribution is 5.30. The van der Waals surface area contributed by atoms with E-state index in [0.717, 1.165) is 0 Å². The van der Waals surface area contributed by atoms with E-state index in [2.05, 4.69) is 0 Å². The van der Waals surface area contributed by atoms with Gasteiger partial charge in [0.2, 0.25) is 0 Å². The zero-order valence-corrected chi connectivity index (χ0v) is 7.88. The fourth-order valence-corrected chi connectivity index (χ4v) is 0.953. The van der Waals surface area contributed by atoms with Crippen molar-refractivity contribution < 1.29 is 9.13 Å². The summed E-state index contributed by atoms with van der Waals surface area (Å²) in [4.78, 5) is 0. The van der Waals surface area contributed by atoms with Crippen molar-refractivity contribution in [2.24, 2.45) is 5.73 Å². The maximum Gasteiger partial charge on any atom is 0.167 e. The van der Waals surface area contributed by atoms with Crippen LogP contribution in [0.3, 0.4) is 0 Å². The molecule has 0 fully saturated rings. The van der Waals surface area contributed by atoms with Gasteiger partial charge in [0.25, 0.3) is 0 Å². The van der Waals surface area contributed by atoms with Crippen molar-refractivity contribution in [3.8, 4) is 5.75 Å². The van der Waals surface area contributed by atoms with Gasteiger partial charge < -0.3 is 10.5 Å². The van der Waals surface area contributed by atoms with Crippen LogP contribution in [0.5, 0.6) is 5.75 Å². The van der Waals surface area contributed by atoms with E-state index in [1.54, 1.807) is 25.1 Å². The molecule has 0 amide bonds. The molecule has 0 bridgehead atoms. The summed E-state index contributed by atoms with van der Waals surface area (Å²) in [5.74, 6) is -0.0274. The lowest BCUT2D eigenvalue weighted by atomic mass is 10.2. The zero-order valence-electron chi connectivity index (χ0n) is 7.88. The van der Waals surface area contributed by atoms with Crippen molar-refractivity contribution in [3.05, 3.63) is 29.6 Å². The van der Waals surface area contributed by atoms with Gasteiger partial charge in [0, 0.05) is 6.04 Å². The van der Waals surface area contributed by atoms with E-state index in [1.807, 2.05) is 6.92 Å². The van der Waals surface area contributed by atoms with E-state index in [-0.39, 0.29) is 17.6 Å². The largest absolute Gasteiger partial charge is 0.489 e. The minimum Gasteiger partial charge on any atom is -0.489 e. The third-order valence-corrected chi connectivity index (χ3v) is 1.66. The molecular weight excluding hydrogens is 169 g/mol. The predicted molar refractivity (Wildman–Crippen MR) is 50.3 cm³/mol. The molecule has 0 heterocycles. The second-order valence-corrected chi connectivity index (χ2v) is 3.18. The van der Waals surface area contributed by atoms with E-state index in [9.17, 15) is 4.39 Å². The van der Waals surface area contributed by atoms with Gasteiger partial charge in [-0.2, -0.15) is 0 Å². The number of ether oxygens (including phenoxy) is 1. The Balaban J connectivity index is 2.71. The molecule has 0 saturated heterocycles. The van der Waals surface area contributed by atoms with Gasteiger partial charge in [-0.25, -0.2) is 4.39 Å². The summed E-state index contributed by atoms with van der Waals surface area (Å²) in [6, 6.07) is 4.98. The molecule has 0 aliphatic rings. The summed E-state index contributed by atoms with van der Waals surface area (Å²) in [5.41, 5.74) is 6.07. The van der Waals surface area contributed by atoms with Crippen LogP contribution in [-0.4, -0.2) is 12.6 Å². The topological polar surface area (TPSA) is 35.2 Å². The molecule has 0 radical (unpaired) electrons. The first kappa shape index (κ1) is 9.99. The van der Waals surface area contributed by atoms with Crippen LogP contribution in [0.25, 0.3) is 0 Å². The van der Waals surface area contributed by atoms with Crippen molar-refractivity contribution in [2.45, 2.75) is 19.9 Å². The molecule has 0 unspecified atom stereocenters. The molecule has 1 atom stereocenters. The summed E-state index contributed by atoms with van der Waals surface area (Å²) < 4.78 is 18.5. The van der Waals surface area contributed by atoms with E-state index in [1.165, 1.54) is 0 Å². The third-order valence-electron chi connectivity index (χ3n) is 1.66. The summed E-state index contributed by atoms with van der Waals surface area (Å²) in [6.45, 7) is 3.85. The number of hydrogen-bond acceptors (Lipinski definition) is 2. The van der Waals surface area contributed by atoms with Crippen molar-refractivity contribution in [1.82, 2.24) is 0 Å². The summed E-state index contributed by atoms with van der Waals surface area (Å²) >= 11 is 0. The lowest BCUT2D eigenvalue weighted by molar-refractivity contribution is 0.282. The van der Waals surface area contributed by atoms with Gasteiger partial charge in [0.1, 0.15) is 6.61 Å². The smallest absolute Gasteiger partial charge is 0.167 e. The monoisotopic (exact) mass is 183 g/mol. The molecule has 2 nitrogen and oxygen atoms in total. The van der Waals surface area contributed by atoms with Crippen molar-refractivity contribution >= 4 is 0 Å². The maximum atomic E-state index is 13.3. The lowest BCUT2D eigenvalue weighted by Crippen LogP contribution is -2.23. The highest BCUT2D eigenvalue weighted by Gasteiger charge is 2.05. The second kappa shape index (κ2) is 4.23. The van der Waals surface area contributed by atoms with E-state index in [4.69, 9.17) is 10.5 Å². The van der Waals surface area contributed by atoms with Crippen LogP contribution < -0.4 is 10.5 Å². The van der Waals surface area contributed by atoms with Crippen LogP contribution in [0.15, 0.2) is 18.2 Å². The third kappa shape index (κ3) is 2.70. The number of halogens is 1. The van der Waals surface area contributed by atoms with E-state index in [0.29, 0.717) is 12.2 Å². The minimum absolute atomic E-state index is 0.0834. The zero-order chi connectivity index (χ0) is 9.84. The molecule has 1 aromatic carbocycles. The maximum absolute atomic E-state index is 13.3. The molecule has 0 aliphatic heterocycles. The van der Waals surface area contributed by atoms with Crippen molar-refractivity contribution in [2.75, 3.05) is 6.61 Å². The highest BCUT2D eigenvalue weighted by Crippen LogP contribution is 2.19. The van der Waals surface area contributed by atoms with Crippen LogP contribution in [0, 0.1) is 12.7 Å². The first-order valence-electron chi connectivity index (χ1n) is 4.24. The van der Waals surface area contributed by atoms with Gasteiger partial charge in [-0.15, -0.1) is 0 Å². The summed E-state index contributed by atoms with van der Waals surface area (Å²) in [6.07, 6.45) is 0. The Morgan fingerprint density at radius 1 is 1.54 bits per heavy atom. The van der Waals surface area contributed by atoms with E-state index >= 15 is 0 Å². The average molecular weight is 183 g/mol. The van der Waals surface area contributed by atoms with Gasteiger partial charge in [-0.05, 0) is 25.5 Å². The Bertz CT molecular complexity index is 286. The second-order valence-electron chi connectivity index (χ2n) is 3.18. The van der Waals surface area contributed by atoms with Crippen LogP contribution in [0.4, 0.5) is 4.39 Å². The Morgan fingerprint density at radius 2 is 2.23 bits per heavy atom. The predicted octanol–water partition coefficient (Wildman–Crippen LogP) is 1.86. The molecule has 0 saturated carbocycles. The molecule has 0 aliphatic carbocycles. The number of hydrogen-bond donors (Lipinski definition) is 1. The fourth-order valence-electron chi connectivity index (χ4n) is 0.953. The van der Waals surface area contributed by atoms with Gasteiger partial charge in [-0.3, -0.25) is 0 Å². The normalized spacial score (nSPS) is 12.6. The van der Waals surface area contributed by atoms with Crippen LogP contribution in [-0.2, 0) is 0 Å². The van der Waals surface area contributed by atoms with Crippen LogP contribution >= 0.6 is 0 Å². The Hall–Kier alpha value is -1.09. The molecule has 72 valence electrons. The van der Waals surface area contributed by atoms with Gasteiger partial charge in [0.05, 0.1) is 0 Å². The first-order valence-corrected chi connectivity index (χ1v) is 4.24. The number of nitrogens with two attached hydrogens (primary N) is 1. The average Bonchev–Trinajstić information content (AvgIpc) is 2.07. The number of benzene rings is 1. The summed E-state index contributed by atoms with van der Waals surface area (Å²) in [7, 11) is 0. The van der Waals surface area contributed by atoms with Gasteiger partial charge in [0.15, 0.2) is 11.6 Å². The molecule has 1 aromatic rings. The molecule has 2 N–H and O–H groups in total. The van der Waals surface area contributed by atoms with Gasteiger partial charge in [-0.1, -0.05) is 12.1 Å². The standard InChI is InChI=1S/C10H14FNO/c1-7-4-3-5-9(10(7)11)13-6-8(2)12/h3-5,8H,6,12H2,1-2H3/t8-/m0/s1. The van der Waals surface area contributed by atoms with Crippen molar-refractivity contribution in [3.63, 3.8) is 0 Å². The number of rotatable bonds is 3. The van der Waals surface area contributed by atoms with Crippen LogP contribution in [0.1, 0.15) is 12.5 Å². The number of aryl methyl sites for hydroxylation is 1. The molecule has 3 heteroatoms. The van der Waals surface area contributed by atoms with Crippen molar-refractivity contribution in [1.29, 1.82) is 0 Å². The molecule has 0 aromatic heterocycles. The molecule has 0 spiro atoms. The van der Waals surface area contributed by atoms with Crippen LogP contribution in [0.2, 0.25) is 0 Å². The van der Waals surface area contributed by atoms with E-state index < -0.39 is 0 Å². The Morgan fingerprint density at radius 3 is 2.85 bits per heavy atom. The van der Waals surface area contributed by atoms with Gasteiger partial charge >= 0.3 is 0 Å². The highest BCUT2D eigenvalue weighted by atomic mass is 19.1. The summed E-state index contributed by atoms with van der Waals surface area (Å²) in [5, 5.41) is 0. The lowest BCUT2D eigenvalue weighted by Gasteiger charge is -2.10.